The van der Waals surface area contributed by atoms with Crippen LogP contribution >= 0.6 is 0 Å². The number of rotatable bonds is 7. The fourth-order valence-electron chi connectivity index (χ4n) is 3.04. The van der Waals surface area contributed by atoms with Gasteiger partial charge in [-0.05, 0) is 42.7 Å². The standard InChI is InChI=1S/C21H23N3O3/c1-2-3-6-15-9-11-16(12-10-15)22-19(25)13-14-24-18-8-5-4-7-17(18)20(26)23-21(24)27/h4-5,7-12H,2-3,6,13-14H2,1H3,(H,22,25)(H,23,26,27). The number of nitrogens with zero attached hydrogens (tertiary/aromatic N) is 1. The van der Waals surface area contributed by atoms with Crippen molar-refractivity contribution >= 4 is 22.5 Å². The van der Waals surface area contributed by atoms with Crippen molar-refractivity contribution in [2.24, 2.45) is 0 Å². The molecule has 6 nitrogen and oxygen atoms in total. The highest BCUT2D eigenvalue weighted by Gasteiger charge is 2.09. The first-order valence-corrected chi connectivity index (χ1v) is 9.19. The molecule has 140 valence electrons. The zero-order valence-electron chi connectivity index (χ0n) is 15.3. The van der Waals surface area contributed by atoms with E-state index in [1.807, 2.05) is 24.3 Å². The molecule has 0 aliphatic rings. The predicted octanol–water partition coefficient (Wildman–Crippen LogP) is 3.06. The number of hydrogen-bond donors (Lipinski definition) is 2. The molecule has 0 saturated carbocycles. The molecule has 27 heavy (non-hydrogen) atoms. The van der Waals surface area contributed by atoms with Gasteiger partial charge in [-0.3, -0.25) is 19.1 Å². The molecular formula is C21H23N3O3. The number of hydrogen-bond acceptors (Lipinski definition) is 3. The van der Waals surface area contributed by atoms with Crippen LogP contribution in [0, 0.1) is 0 Å². The minimum absolute atomic E-state index is 0.132. The van der Waals surface area contributed by atoms with Crippen LogP contribution in [0.4, 0.5) is 5.69 Å². The maximum absolute atomic E-state index is 12.3. The van der Waals surface area contributed by atoms with Crippen LogP contribution in [-0.2, 0) is 17.8 Å². The summed E-state index contributed by atoms with van der Waals surface area (Å²) >= 11 is 0. The summed E-state index contributed by atoms with van der Waals surface area (Å²) in [6.07, 6.45) is 3.46. The maximum Gasteiger partial charge on any atom is 0.328 e. The maximum atomic E-state index is 12.3. The molecule has 6 heteroatoms. The second-order valence-corrected chi connectivity index (χ2v) is 6.53. The Morgan fingerprint density at radius 2 is 1.81 bits per heavy atom. The van der Waals surface area contributed by atoms with E-state index in [-0.39, 0.29) is 18.9 Å². The van der Waals surface area contributed by atoms with Gasteiger partial charge in [0.25, 0.3) is 5.56 Å². The van der Waals surface area contributed by atoms with E-state index < -0.39 is 11.2 Å². The normalized spacial score (nSPS) is 10.9. The molecule has 0 spiro atoms. The van der Waals surface area contributed by atoms with Gasteiger partial charge in [-0.2, -0.15) is 0 Å². The minimum atomic E-state index is -0.508. The number of H-pyrrole nitrogens is 1. The third-order valence-electron chi connectivity index (χ3n) is 4.52. The van der Waals surface area contributed by atoms with Crippen LogP contribution in [0.2, 0.25) is 0 Å². The Morgan fingerprint density at radius 3 is 2.56 bits per heavy atom. The molecule has 0 saturated heterocycles. The lowest BCUT2D eigenvalue weighted by molar-refractivity contribution is -0.116. The summed E-state index contributed by atoms with van der Waals surface area (Å²) < 4.78 is 1.42. The average Bonchev–Trinajstić information content (AvgIpc) is 2.67. The van der Waals surface area contributed by atoms with Gasteiger partial charge >= 0.3 is 5.69 Å². The van der Waals surface area contributed by atoms with Crippen LogP contribution in [0.3, 0.4) is 0 Å². The average molecular weight is 365 g/mol. The van der Waals surface area contributed by atoms with Gasteiger partial charge in [-0.1, -0.05) is 37.6 Å². The Hall–Kier alpha value is -3.15. The van der Waals surface area contributed by atoms with Gasteiger partial charge < -0.3 is 5.32 Å². The molecule has 0 fully saturated rings. The molecule has 2 N–H and O–H groups in total. The van der Waals surface area contributed by atoms with Gasteiger partial charge in [0.2, 0.25) is 5.91 Å². The van der Waals surface area contributed by atoms with Crippen molar-refractivity contribution in [1.82, 2.24) is 9.55 Å². The molecule has 0 radical (unpaired) electrons. The monoisotopic (exact) mass is 365 g/mol. The van der Waals surface area contributed by atoms with E-state index in [1.54, 1.807) is 24.3 Å². The lowest BCUT2D eigenvalue weighted by atomic mass is 10.1. The summed E-state index contributed by atoms with van der Waals surface area (Å²) in [6.45, 7) is 2.35. The Kier molecular flexibility index (Phi) is 5.86. The quantitative estimate of drug-likeness (QED) is 0.675. The number of aromatic nitrogens is 2. The number of nitrogens with one attached hydrogen (secondary N) is 2. The summed E-state index contributed by atoms with van der Waals surface area (Å²) in [4.78, 5) is 38.6. The number of anilines is 1. The molecule has 0 aliphatic carbocycles. The predicted molar refractivity (Wildman–Crippen MR) is 107 cm³/mol. The Labute approximate surface area is 156 Å². The van der Waals surface area contributed by atoms with E-state index in [2.05, 4.69) is 17.2 Å². The molecule has 3 rings (SSSR count). The number of fused-ring (bicyclic) bond motifs is 1. The topological polar surface area (TPSA) is 84.0 Å². The van der Waals surface area contributed by atoms with E-state index in [4.69, 9.17) is 0 Å². The van der Waals surface area contributed by atoms with E-state index in [0.717, 1.165) is 24.9 Å². The second kappa shape index (κ2) is 8.49. The lowest BCUT2D eigenvalue weighted by Gasteiger charge is -2.10. The first-order valence-electron chi connectivity index (χ1n) is 9.19. The van der Waals surface area contributed by atoms with Gasteiger partial charge in [0, 0.05) is 18.7 Å². The molecule has 1 amide bonds. The van der Waals surface area contributed by atoms with Crippen molar-refractivity contribution < 1.29 is 4.79 Å². The Morgan fingerprint density at radius 1 is 1.07 bits per heavy atom. The zero-order chi connectivity index (χ0) is 19.2. The summed E-state index contributed by atoms with van der Waals surface area (Å²) in [7, 11) is 0. The highest BCUT2D eigenvalue weighted by molar-refractivity contribution is 5.90. The van der Waals surface area contributed by atoms with E-state index in [9.17, 15) is 14.4 Å². The minimum Gasteiger partial charge on any atom is -0.326 e. The zero-order valence-corrected chi connectivity index (χ0v) is 15.3. The first-order chi connectivity index (χ1) is 13.1. The molecule has 0 aliphatic heterocycles. The summed E-state index contributed by atoms with van der Waals surface area (Å²) in [5.41, 5.74) is 1.59. The largest absolute Gasteiger partial charge is 0.328 e. The first kappa shape index (κ1) is 18.6. The smallest absolute Gasteiger partial charge is 0.326 e. The van der Waals surface area contributed by atoms with E-state index in [1.165, 1.54) is 10.1 Å². The number of carbonyl (C=O) groups excluding carboxylic acids is 1. The Balaban J connectivity index is 1.67. The number of carbonyl (C=O) groups is 1. The van der Waals surface area contributed by atoms with E-state index in [0.29, 0.717) is 10.9 Å². The summed E-state index contributed by atoms with van der Waals surface area (Å²) in [5.74, 6) is -0.182. The van der Waals surface area contributed by atoms with Crippen molar-refractivity contribution in [3.05, 3.63) is 74.9 Å². The van der Waals surface area contributed by atoms with Gasteiger partial charge in [-0.25, -0.2) is 4.79 Å². The van der Waals surface area contributed by atoms with Crippen molar-refractivity contribution in [3.8, 4) is 0 Å². The van der Waals surface area contributed by atoms with Crippen LogP contribution in [-0.4, -0.2) is 15.5 Å². The number of para-hydroxylation sites is 1. The van der Waals surface area contributed by atoms with Gasteiger partial charge in [0.05, 0.1) is 10.9 Å². The van der Waals surface area contributed by atoms with Crippen LogP contribution in [0.25, 0.3) is 10.9 Å². The highest BCUT2D eigenvalue weighted by atomic mass is 16.2. The molecule has 0 unspecified atom stereocenters. The van der Waals surface area contributed by atoms with Crippen molar-refractivity contribution in [3.63, 3.8) is 0 Å². The van der Waals surface area contributed by atoms with Crippen LogP contribution < -0.4 is 16.6 Å². The van der Waals surface area contributed by atoms with E-state index >= 15 is 0 Å². The van der Waals surface area contributed by atoms with Crippen LogP contribution in [0.1, 0.15) is 31.7 Å². The van der Waals surface area contributed by atoms with Crippen molar-refractivity contribution in [2.45, 2.75) is 39.2 Å². The molecule has 3 aromatic rings. The third-order valence-corrected chi connectivity index (χ3v) is 4.52. The van der Waals surface area contributed by atoms with Crippen molar-refractivity contribution in [1.29, 1.82) is 0 Å². The molecular weight excluding hydrogens is 342 g/mol. The van der Waals surface area contributed by atoms with Gasteiger partial charge in [0.15, 0.2) is 0 Å². The van der Waals surface area contributed by atoms with Crippen molar-refractivity contribution in [2.75, 3.05) is 5.32 Å². The lowest BCUT2D eigenvalue weighted by Crippen LogP contribution is -2.31. The molecule has 1 aromatic heterocycles. The van der Waals surface area contributed by atoms with Crippen LogP contribution in [0.5, 0.6) is 0 Å². The molecule has 0 atom stereocenters. The molecule has 1 heterocycles. The third kappa shape index (κ3) is 4.53. The second-order valence-electron chi connectivity index (χ2n) is 6.53. The number of benzene rings is 2. The summed E-state index contributed by atoms with van der Waals surface area (Å²) in [6, 6.07) is 14.7. The fourth-order valence-corrected chi connectivity index (χ4v) is 3.04. The van der Waals surface area contributed by atoms with Crippen LogP contribution in [0.15, 0.2) is 58.1 Å². The number of aryl methyl sites for hydroxylation is 2. The van der Waals surface area contributed by atoms with Gasteiger partial charge in [0.1, 0.15) is 0 Å². The molecule has 2 aromatic carbocycles. The number of amides is 1. The highest BCUT2D eigenvalue weighted by Crippen LogP contribution is 2.12. The summed E-state index contributed by atoms with van der Waals surface area (Å²) in [5, 5.41) is 3.28. The number of unbranched alkanes of at least 4 members (excludes halogenated alkanes) is 1. The van der Waals surface area contributed by atoms with Gasteiger partial charge in [-0.15, -0.1) is 0 Å². The molecule has 0 bridgehead atoms. The fraction of sp³-hybridized carbons (Fsp3) is 0.286. The number of aromatic amines is 1. The SMILES string of the molecule is CCCCc1ccc(NC(=O)CCn2c(=O)[nH]c(=O)c3ccccc32)cc1. The Bertz CT molecular complexity index is 1050.